The smallest absolute Gasteiger partial charge is 0.303 e. The molecule has 0 radical (unpaired) electrons. The Morgan fingerprint density at radius 2 is 2.14 bits per heavy atom. The highest BCUT2D eigenvalue weighted by Gasteiger charge is 2.15. The third-order valence-corrected chi connectivity index (χ3v) is 4.29. The molecular formula is C16H21BrN2O2. The number of carboxylic acids is 1. The lowest BCUT2D eigenvalue weighted by Gasteiger charge is -2.20. The lowest BCUT2D eigenvalue weighted by atomic mass is 9.88. The van der Waals surface area contributed by atoms with E-state index in [-0.39, 0.29) is 6.42 Å². The summed E-state index contributed by atoms with van der Waals surface area (Å²) in [4.78, 5) is 10.7. The molecule has 1 atom stereocenters. The van der Waals surface area contributed by atoms with Crippen LogP contribution < -0.4 is 5.32 Å². The lowest BCUT2D eigenvalue weighted by Crippen LogP contribution is -2.16. The van der Waals surface area contributed by atoms with E-state index in [4.69, 9.17) is 10.4 Å². The topological polar surface area (TPSA) is 73.1 Å². The van der Waals surface area contributed by atoms with Crippen molar-refractivity contribution >= 4 is 27.6 Å². The first-order valence-corrected chi connectivity index (χ1v) is 7.89. The molecule has 0 fully saturated rings. The maximum atomic E-state index is 10.7. The Hall–Kier alpha value is -1.54. The van der Waals surface area contributed by atoms with Gasteiger partial charge < -0.3 is 10.4 Å². The lowest BCUT2D eigenvalue weighted by molar-refractivity contribution is -0.137. The molecule has 0 aliphatic carbocycles. The third-order valence-electron chi connectivity index (χ3n) is 3.63. The minimum atomic E-state index is -0.743. The van der Waals surface area contributed by atoms with Gasteiger partial charge in [-0.15, -0.1) is 0 Å². The summed E-state index contributed by atoms with van der Waals surface area (Å²) in [6, 6.07) is 7.78. The quantitative estimate of drug-likeness (QED) is 0.732. The largest absolute Gasteiger partial charge is 0.481 e. The van der Waals surface area contributed by atoms with Gasteiger partial charge in [0.1, 0.15) is 6.07 Å². The Bertz CT molecular complexity index is 523. The Morgan fingerprint density at radius 3 is 2.71 bits per heavy atom. The van der Waals surface area contributed by atoms with Gasteiger partial charge in [0.15, 0.2) is 0 Å². The molecule has 0 aliphatic rings. The van der Waals surface area contributed by atoms with Gasteiger partial charge in [-0.05, 0) is 52.7 Å². The molecule has 1 rings (SSSR count). The first kappa shape index (κ1) is 17.5. The van der Waals surface area contributed by atoms with Gasteiger partial charge in [-0.1, -0.05) is 19.9 Å². The van der Waals surface area contributed by atoms with Gasteiger partial charge in [-0.2, -0.15) is 5.26 Å². The molecule has 0 aliphatic heterocycles. The molecule has 4 nitrogen and oxygen atoms in total. The zero-order valence-electron chi connectivity index (χ0n) is 12.4. The first-order valence-electron chi connectivity index (χ1n) is 7.10. The van der Waals surface area contributed by atoms with E-state index < -0.39 is 5.97 Å². The second-order valence-corrected chi connectivity index (χ2v) is 6.28. The number of hydrogen-bond donors (Lipinski definition) is 2. The monoisotopic (exact) mass is 352 g/mol. The molecule has 0 saturated carbocycles. The minimum absolute atomic E-state index is 0.211. The number of carbonyl (C=O) groups is 1. The van der Waals surface area contributed by atoms with Crippen LogP contribution in [0.2, 0.25) is 0 Å². The molecule has 2 N–H and O–H groups in total. The average molecular weight is 353 g/mol. The number of anilines is 1. The zero-order chi connectivity index (χ0) is 15.8. The van der Waals surface area contributed by atoms with Crippen LogP contribution in [0.15, 0.2) is 22.7 Å². The van der Waals surface area contributed by atoms with Crippen LogP contribution in [0.25, 0.3) is 0 Å². The zero-order valence-corrected chi connectivity index (χ0v) is 14.0. The van der Waals surface area contributed by atoms with E-state index in [9.17, 15) is 4.79 Å². The maximum Gasteiger partial charge on any atom is 0.303 e. The van der Waals surface area contributed by atoms with E-state index in [0.29, 0.717) is 23.8 Å². The van der Waals surface area contributed by atoms with Gasteiger partial charge in [0, 0.05) is 17.4 Å². The highest BCUT2D eigenvalue weighted by molar-refractivity contribution is 9.10. The Labute approximate surface area is 134 Å². The van der Waals surface area contributed by atoms with E-state index in [1.165, 1.54) is 0 Å². The van der Waals surface area contributed by atoms with Crippen molar-refractivity contribution in [3.8, 4) is 6.07 Å². The van der Waals surface area contributed by atoms with E-state index in [1.807, 2.05) is 18.2 Å². The summed E-state index contributed by atoms with van der Waals surface area (Å²) in [7, 11) is 0. The summed E-state index contributed by atoms with van der Waals surface area (Å²) in [6.45, 7) is 4.96. The molecule has 1 aromatic carbocycles. The van der Waals surface area contributed by atoms with Crippen LogP contribution in [0.4, 0.5) is 5.69 Å². The summed E-state index contributed by atoms with van der Waals surface area (Å²) in [6.07, 6.45) is 1.80. The number of aliphatic carboxylic acids is 1. The standard InChI is InChI=1S/C16H21BrN2O2/c1-11(2)12(6-7-16(20)21)8-9-19-15-5-3-4-14(17)13(15)10-18/h3-5,11-12,19H,6-9H2,1-2H3,(H,20,21). The van der Waals surface area contributed by atoms with E-state index in [1.54, 1.807) is 0 Å². The summed E-state index contributed by atoms with van der Waals surface area (Å²) in [5.74, 6) is 0.0720. The summed E-state index contributed by atoms with van der Waals surface area (Å²) in [5, 5.41) is 21.2. The number of nitriles is 1. The Morgan fingerprint density at radius 1 is 1.43 bits per heavy atom. The van der Waals surface area contributed by atoms with Gasteiger partial charge in [-0.25, -0.2) is 0 Å². The van der Waals surface area contributed by atoms with Crippen molar-refractivity contribution in [3.05, 3.63) is 28.2 Å². The van der Waals surface area contributed by atoms with Gasteiger partial charge in [0.05, 0.1) is 11.3 Å². The fourth-order valence-corrected chi connectivity index (χ4v) is 2.75. The van der Waals surface area contributed by atoms with Crippen LogP contribution in [0.3, 0.4) is 0 Å². The molecule has 0 amide bonds. The van der Waals surface area contributed by atoms with Crippen molar-refractivity contribution in [2.75, 3.05) is 11.9 Å². The fraction of sp³-hybridized carbons (Fsp3) is 0.500. The van der Waals surface area contributed by atoms with Gasteiger partial charge >= 0.3 is 5.97 Å². The van der Waals surface area contributed by atoms with Gasteiger partial charge in [0.25, 0.3) is 0 Å². The number of nitrogens with zero attached hydrogens (tertiary/aromatic N) is 1. The van der Waals surface area contributed by atoms with E-state index in [2.05, 4.69) is 41.2 Å². The third kappa shape index (κ3) is 5.76. The molecule has 5 heteroatoms. The van der Waals surface area contributed by atoms with Crippen LogP contribution in [0.1, 0.15) is 38.7 Å². The van der Waals surface area contributed by atoms with Crippen LogP contribution >= 0.6 is 15.9 Å². The van der Waals surface area contributed by atoms with E-state index in [0.717, 1.165) is 23.1 Å². The summed E-state index contributed by atoms with van der Waals surface area (Å²) in [5.41, 5.74) is 1.41. The molecule has 0 saturated heterocycles. The van der Waals surface area contributed by atoms with Crippen molar-refractivity contribution in [2.45, 2.75) is 33.1 Å². The Kier molecular flexibility index (Phi) is 7.24. The second kappa shape index (κ2) is 8.68. The normalized spacial score (nSPS) is 12.0. The van der Waals surface area contributed by atoms with E-state index >= 15 is 0 Å². The van der Waals surface area contributed by atoms with Gasteiger partial charge in [0.2, 0.25) is 0 Å². The van der Waals surface area contributed by atoms with Crippen LogP contribution in [-0.2, 0) is 4.79 Å². The first-order chi connectivity index (χ1) is 9.95. The van der Waals surface area contributed by atoms with Crippen LogP contribution in [-0.4, -0.2) is 17.6 Å². The predicted molar refractivity (Wildman–Crippen MR) is 87.2 cm³/mol. The number of carboxylic acid groups (broad SMARTS) is 1. The molecule has 0 heterocycles. The van der Waals surface area contributed by atoms with Crippen LogP contribution in [0, 0.1) is 23.2 Å². The van der Waals surface area contributed by atoms with Gasteiger partial charge in [-0.3, -0.25) is 4.79 Å². The molecular weight excluding hydrogens is 332 g/mol. The maximum absolute atomic E-state index is 10.7. The summed E-state index contributed by atoms with van der Waals surface area (Å²) < 4.78 is 0.779. The number of nitrogens with one attached hydrogen (secondary N) is 1. The predicted octanol–water partition coefficient (Wildman–Crippen LogP) is 4.26. The second-order valence-electron chi connectivity index (χ2n) is 5.43. The fourth-order valence-electron chi connectivity index (χ4n) is 2.30. The van der Waals surface area contributed by atoms with Crippen molar-refractivity contribution in [1.29, 1.82) is 5.26 Å². The number of halogens is 1. The van der Waals surface area contributed by atoms with Crippen molar-refractivity contribution in [3.63, 3.8) is 0 Å². The molecule has 0 bridgehead atoms. The minimum Gasteiger partial charge on any atom is -0.481 e. The van der Waals surface area contributed by atoms with Crippen molar-refractivity contribution in [1.82, 2.24) is 0 Å². The highest BCUT2D eigenvalue weighted by atomic mass is 79.9. The molecule has 1 unspecified atom stereocenters. The van der Waals surface area contributed by atoms with Crippen molar-refractivity contribution in [2.24, 2.45) is 11.8 Å². The Balaban J connectivity index is 2.57. The SMILES string of the molecule is CC(C)C(CCNc1cccc(Br)c1C#N)CCC(=O)O. The number of benzene rings is 1. The number of rotatable bonds is 8. The molecule has 0 spiro atoms. The average Bonchev–Trinajstić information content (AvgIpc) is 2.42. The van der Waals surface area contributed by atoms with Crippen LogP contribution in [0.5, 0.6) is 0 Å². The highest BCUT2D eigenvalue weighted by Crippen LogP contribution is 2.25. The molecule has 114 valence electrons. The molecule has 21 heavy (non-hydrogen) atoms. The molecule has 0 aromatic heterocycles. The van der Waals surface area contributed by atoms with Crippen molar-refractivity contribution < 1.29 is 9.90 Å². The number of hydrogen-bond acceptors (Lipinski definition) is 3. The summed E-state index contributed by atoms with van der Waals surface area (Å²) >= 11 is 3.36. The molecule has 1 aromatic rings.